The number of nitrogens with zero attached hydrogens (tertiary/aromatic N) is 2. The fourth-order valence-electron chi connectivity index (χ4n) is 2.49. The summed E-state index contributed by atoms with van der Waals surface area (Å²) in [6, 6.07) is -0.460. The van der Waals surface area contributed by atoms with Gasteiger partial charge < -0.3 is 20.3 Å². The van der Waals surface area contributed by atoms with Crippen LogP contribution in [0.2, 0.25) is 0 Å². The summed E-state index contributed by atoms with van der Waals surface area (Å²) in [4.78, 5) is 27.7. The molecule has 2 N–H and O–H groups in total. The van der Waals surface area contributed by atoms with E-state index in [1.165, 1.54) is 0 Å². The quantitative estimate of drug-likeness (QED) is 0.855. The van der Waals surface area contributed by atoms with Crippen LogP contribution >= 0.6 is 0 Å². The van der Waals surface area contributed by atoms with Crippen LogP contribution in [0.1, 0.15) is 47.5 Å². The minimum absolute atomic E-state index is 0.0379. The molecule has 0 unspecified atom stereocenters. The smallest absolute Gasteiger partial charge is 0.410 e. The topological polar surface area (TPSA) is 75.9 Å². The van der Waals surface area contributed by atoms with Crippen LogP contribution in [-0.2, 0) is 9.53 Å². The van der Waals surface area contributed by atoms with Crippen molar-refractivity contribution in [1.82, 2.24) is 9.80 Å². The van der Waals surface area contributed by atoms with E-state index in [1.54, 1.807) is 16.7 Å². The molecule has 6 heteroatoms. The third kappa shape index (κ3) is 5.19. The molecule has 0 aliphatic carbocycles. The monoisotopic (exact) mass is 299 g/mol. The second-order valence-corrected chi connectivity index (χ2v) is 6.64. The highest BCUT2D eigenvalue weighted by Gasteiger charge is 2.33. The number of rotatable bonds is 4. The van der Waals surface area contributed by atoms with Crippen LogP contribution in [0.15, 0.2) is 0 Å². The highest BCUT2D eigenvalue weighted by atomic mass is 16.6. The summed E-state index contributed by atoms with van der Waals surface area (Å²) in [6.45, 7) is 10.9. The first-order valence-corrected chi connectivity index (χ1v) is 7.69. The number of carbonyl (C=O) groups excluding carboxylic acids is 2. The van der Waals surface area contributed by atoms with Gasteiger partial charge in [-0.15, -0.1) is 0 Å². The molecule has 2 amide bonds. The Morgan fingerprint density at radius 1 is 1.43 bits per heavy atom. The fraction of sp³-hybridized carbons (Fsp3) is 0.867. The van der Waals surface area contributed by atoms with Crippen LogP contribution in [0, 0.1) is 0 Å². The predicted octanol–water partition coefficient (Wildman–Crippen LogP) is 1.58. The highest BCUT2D eigenvalue weighted by Crippen LogP contribution is 2.20. The maximum Gasteiger partial charge on any atom is 0.410 e. The van der Waals surface area contributed by atoms with Crippen LogP contribution in [0.25, 0.3) is 0 Å². The predicted molar refractivity (Wildman–Crippen MR) is 81.9 cm³/mol. The summed E-state index contributed by atoms with van der Waals surface area (Å²) in [5.74, 6) is -0.0438. The number of hydrogen-bond donors (Lipinski definition) is 1. The largest absolute Gasteiger partial charge is 0.444 e. The molecule has 122 valence electrons. The van der Waals surface area contributed by atoms with Crippen LogP contribution in [0.5, 0.6) is 0 Å². The Balaban J connectivity index is 2.67. The maximum atomic E-state index is 12.2. The van der Waals surface area contributed by atoms with Crippen molar-refractivity contribution in [3.05, 3.63) is 0 Å². The SMILES string of the molecule is CCN(C[C@@H]1CCCN1C(=O)[C@H](C)N)C(=O)OC(C)(C)C. The standard InChI is InChI=1S/C15H29N3O3/c1-6-17(14(20)21-15(3,4)5)10-12-8-7-9-18(12)13(19)11(2)16/h11-12H,6-10,16H2,1-5H3/t11-,12-/m0/s1. The molecule has 6 nitrogen and oxygen atoms in total. The van der Waals surface area contributed by atoms with E-state index in [-0.39, 0.29) is 18.0 Å². The lowest BCUT2D eigenvalue weighted by Gasteiger charge is -2.32. The van der Waals surface area contributed by atoms with E-state index >= 15 is 0 Å². The lowest BCUT2D eigenvalue weighted by atomic mass is 10.2. The van der Waals surface area contributed by atoms with Gasteiger partial charge in [0.15, 0.2) is 0 Å². The third-order valence-electron chi connectivity index (χ3n) is 3.51. The number of ether oxygens (including phenoxy) is 1. The highest BCUT2D eigenvalue weighted by molar-refractivity contribution is 5.81. The van der Waals surface area contributed by atoms with Crippen LogP contribution in [0.3, 0.4) is 0 Å². The molecule has 0 aromatic carbocycles. The summed E-state index contributed by atoms with van der Waals surface area (Å²) in [6.07, 6.45) is 1.53. The van der Waals surface area contributed by atoms with E-state index in [0.29, 0.717) is 13.1 Å². The molecule has 0 aromatic rings. The van der Waals surface area contributed by atoms with Gasteiger partial charge in [0.1, 0.15) is 5.60 Å². The molecule has 1 heterocycles. The zero-order valence-corrected chi connectivity index (χ0v) is 13.9. The molecule has 0 aromatic heterocycles. The number of amides is 2. The molecule has 1 rings (SSSR count). The van der Waals surface area contributed by atoms with Gasteiger partial charge in [-0.25, -0.2) is 4.79 Å². The molecule has 1 aliphatic rings. The molecule has 0 spiro atoms. The van der Waals surface area contributed by atoms with Crippen LogP contribution in [-0.4, -0.2) is 59.1 Å². The third-order valence-corrected chi connectivity index (χ3v) is 3.51. The van der Waals surface area contributed by atoms with Gasteiger partial charge in [0.25, 0.3) is 0 Å². The van der Waals surface area contributed by atoms with Crippen molar-refractivity contribution >= 4 is 12.0 Å². The maximum absolute atomic E-state index is 12.2. The zero-order chi connectivity index (χ0) is 16.2. The summed E-state index contributed by atoms with van der Waals surface area (Å²) >= 11 is 0. The molecule has 1 aliphatic heterocycles. The van der Waals surface area contributed by atoms with E-state index in [1.807, 2.05) is 27.7 Å². The van der Waals surface area contributed by atoms with Crippen molar-refractivity contribution in [3.63, 3.8) is 0 Å². The minimum Gasteiger partial charge on any atom is -0.444 e. The number of nitrogens with two attached hydrogens (primary N) is 1. The normalized spacial score (nSPS) is 20.3. The van der Waals surface area contributed by atoms with E-state index in [2.05, 4.69) is 0 Å². The Bertz CT molecular complexity index is 377. The average Bonchev–Trinajstić information content (AvgIpc) is 2.80. The second-order valence-electron chi connectivity index (χ2n) is 6.64. The molecular weight excluding hydrogens is 270 g/mol. The van der Waals surface area contributed by atoms with Crippen molar-refractivity contribution in [2.45, 2.75) is 65.1 Å². The number of likely N-dealkylation sites (tertiary alicyclic amines) is 1. The van der Waals surface area contributed by atoms with Gasteiger partial charge in [-0.1, -0.05) is 0 Å². The van der Waals surface area contributed by atoms with Gasteiger partial charge in [0, 0.05) is 25.7 Å². The van der Waals surface area contributed by atoms with Crippen molar-refractivity contribution < 1.29 is 14.3 Å². The molecule has 2 atom stereocenters. The Labute approximate surface area is 127 Å². The van der Waals surface area contributed by atoms with Crippen molar-refractivity contribution in [2.75, 3.05) is 19.6 Å². The van der Waals surface area contributed by atoms with Gasteiger partial charge in [0.2, 0.25) is 5.91 Å². The van der Waals surface area contributed by atoms with Crippen molar-refractivity contribution in [1.29, 1.82) is 0 Å². The Morgan fingerprint density at radius 2 is 2.05 bits per heavy atom. The second kappa shape index (κ2) is 7.11. The molecule has 21 heavy (non-hydrogen) atoms. The van der Waals surface area contributed by atoms with E-state index in [0.717, 1.165) is 19.4 Å². The first-order valence-electron chi connectivity index (χ1n) is 7.69. The Kier molecular flexibility index (Phi) is 6.01. The molecule has 0 radical (unpaired) electrons. The molecule has 0 bridgehead atoms. The van der Waals surface area contributed by atoms with Crippen LogP contribution in [0.4, 0.5) is 4.79 Å². The van der Waals surface area contributed by atoms with E-state index in [9.17, 15) is 9.59 Å². The van der Waals surface area contributed by atoms with E-state index < -0.39 is 11.6 Å². The number of carbonyl (C=O) groups is 2. The van der Waals surface area contributed by atoms with Gasteiger partial charge >= 0.3 is 6.09 Å². The number of hydrogen-bond acceptors (Lipinski definition) is 4. The Hall–Kier alpha value is -1.30. The van der Waals surface area contributed by atoms with Gasteiger partial charge in [-0.2, -0.15) is 0 Å². The fourth-order valence-corrected chi connectivity index (χ4v) is 2.49. The van der Waals surface area contributed by atoms with Crippen molar-refractivity contribution in [3.8, 4) is 0 Å². The average molecular weight is 299 g/mol. The van der Waals surface area contributed by atoms with Crippen LogP contribution < -0.4 is 5.73 Å². The Morgan fingerprint density at radius 3 is 2.52 bits per heavy atom. The lowest BCUT2D eigenvalue weighted by molar-refractivity contribution is -0.133. The zero-order valence-electron chi connectivity index (χ0n) is 13.9. The molecule has 1 saturated heterocycles. The number of likely N-dealkylation sites (N-methyl/N-ethyl adjacent to an activating group) is 1. The summed E-state index contributed by atoms with van der Waals surface area (Å²) in [7, 11) is 0. The van der Waals surface area contributed by atoms with E-state index in [4.69, 9.17) is 10.5 Å². The molecule has 1 fully saturated rings. The summed E-state index contributed by atoms with van der Waals surface area (Å²) in [5, 5.41) is 0. The minimum atomic E-state index is -0.512. The van der Waals surface area contributed by atoms with Gasteiger partial charge in [0.05, 0.1) is 6.04 Å². The molecular formula is C15H29N3O3. The lowest BCUT2D eigenvalue weighted by Crippen LogP contribution is -2.50. The first-order chi connectivity index (χ1) is 9.65. The summed E-state index contributed by atoms with van der Waals surface area (Å²) in [5.41, 5.74) is 5.18. The van der Waals surface area contributed by atoms with Gasteiger partial charge in [-0.3, -0.25) is 4.79 Å². The van der Waals surface area contributed by atoms with Crippen molar-refractivity contribution in [2.24, 2.45) is 5.73 Å². The molecule has 0 saturated carbocycles. The summed E-state index contributed by atoms with van der Waals surface area (Å²) < 4.78 is 5.40. The first kappa shape index (κ1) is 17.8. The van der Waals surface area contributed by atoms with Gasteiger partial charge in [-0.05, 0) is 47.5 Å².